The zero-order chi connectivity index (χ0) is 18.9. The van der Waals surface area contributed by atoms with Crippen LogP contribution in [0, 0.1) is 0 Å². The van der Waals surface area contributed by atoms with E-state index >= 15 is 0 Å². The van der Waals surface area contributed by atoms with Crippen LogP contribution in [0.1, 0.15) is 26.2 Å². The van der Waals surface area contributed by atoms with Crippen molar-refractivity contribution in [1.82, 2.24) is 19.6 Å². The first kappa shape index (κ1) is 19.2. The number of hydrogen-bond donors (Lipinski definition) is 2. The Morgan fingerprint density at radius 1 is 0.923 bits per heavy atom. The molecule has 0 aliphatic carbocycles. The molecule has 10 nitrogen and oxygen atoms in total. The number of amides is 4. The lowest BCUT2D eigenvalue weighted by atomic mass is 10.2. The highest BCUT2D eigenvalue weighted by Crippen LogP contribution is 2.53. The molecule has 3 aliphatic heterocycles. The Morgan fingerprint density at radius 2 is 1.46 bits per heavy atom. The third kappa shape index (κ3) is 2.25. The number of likely N-dealkylation sites (N-methyl/N-ethyl adjacent to an activating group) is 2. The van der Waals surface area contributed by atoms with Crippen LogP contribution < -0.4 is 0 Å². The first-order valence-corrected chi connectivity index (χ1v) is 9.17. The lowest BCUT2D eigenvalue weighted by Gasteiger charge is -2.46. The van der Waals surface area contributed by atoms with Crippen LogP contribution in [-0.4, -0.2) is 107 Å². The van der Waals surface area contributed by atoms with Crippen LogP contribution in [0.3, 0.4) is 0 Å². The molecule has 0 aromatic carbocycles. The summed E-state index contributed by atoms with van der Waals surface area (Å²) < 4.78 is 12.1. The summed E-state index contributed by atoms with van der Waals surface area (Å²) in [6, 6.07) is -0.593. The van der Waals surface area contributed by atoms with Crippen molar-refractivity contribution in [2.24, 2.45) is 0 Å². The first-order chi connectivity index (χ1) is 12.5. The molecular weight excluding hydrogens is 344 g/mol. The highest BCUT2D eigenvalue weighted by atomic mass is 16.6. The molecular formula is C16H28N4O6. The van der Waals surface area contributed by atoms with Gasteiger partial charge in [-0.1, -0.05) is 0 Å². The number of ether oxygens (including phenoxy) is 2. The van der Waals surface area contributed by atoms with E-state index in [-0.39, 0.29) is 38.5 Å². The van der Waals surface area contributed by atoms with Gasteiger partial charge in [-0.3, -0.25) is 19.6 Å². The maximum absolute atomic E-state index is 13.2. The summed E-state index contributed by atoms with van der Waals surface area (Å²) in [4.78, 5) is 32.2. The number of nitrogens with zero attached hydrogens (tertiary/aromatic N) is 4. The van der Waals surface area contributed by atoms with Crippen molar-refractivity contribution >= 4 is 12.1 Å². The van der Waals surface area contributed by atoms with E-state index in [1.165, 1.54) is 14.7 Å². The average Bonchev–Trinajstić information content (AvgIpc) is 2.96. The van der Waals surface area contributed by atoms with Crippen LogP contribution in [0.4, 0.5) is 9.59 Å². The fourth-order valence-electron chi connectivity index (χ4n) is 4.37. The average molecular weight is 372 g/mol. The van der Waals surface area contributed by atoms with Gasteiger partial charge in [-0.2, -0.15) is 0 Å². The fourth-order valence-corrected chi connectivity index (χ4v) is 4.37. The Kier molecular flexibility index (Phi) is 5.29. The van der Waals surface area contributed by atoms with Crippen molar-refractivity contribution in [2.75, 3.05) is 53.1 Å². The predicted octanol–water partition coefficient (Wildman–Crippen LogP) is -0.379. The number of urea groups is 2. The summed E-state index contributed by atoms with van der Waals surface area (Å²) in [5.41, 5.74) is 0. The molecule has 26 heavy (non-hydrogen) atoms. The van der Waals surface area contributed by atoms with E-state index in [0.29, 0.717) is 19.6 Å². The molecule has 4 amide bonds. The van der Waals surface area contributed by atoms with Gasteiger partial charge in [0.05, 0.1) is 26.4 Å². The number of carbonyl (C=O) groups is 2. The zero-order valence-corrected chi connectivity index (χ0v) is 15.4. The monoisotopic (exact) mass is 372 g/mol. The molecule has 0 aromatic rings. The second-order valence-electron chi connectivity index (χ2n) is 6.59. The fraction of sp³-hybridized carbons (Fsp3) is 0.875. The molecule has 3 heterocycles. The van der Waals surface area contributed by atoms with E-state index in [1.54, 1.807) is 11.9 Å². The Morgan fingerprint density at radius 3 is 2.00 bits per heavy atom. The Balaban J connectivity index is 2.22. The van der Waals surface area contributed by atoms with Gasteiger partial charge in [0.15, 0.2) is 0 Å². The molecule has 2 atom stereocenters. The van der Waals surface area contributed by atoms with Crippen LogP contribution in [0.15, 0.2) is 0 Å². The van der Waals surface area contributed by atoms with Crippen LogP contribution in [0.5, 0.6) is 0 Å². The molecule has 3 aliphatic rings. The standard InChI is InChI=1S/C16H28N4O6/c1-3-18-13(23)17(2)15(25-11-9-21)16(18,26-12-10-22)20-8-6-4-5-7-19(15)14(20)24/h21-22H,3-12H2,1-2H3/t15-,16+/m0/s1. The molecule has 0 aromatic heterocycles. The summed E-state index contributed by atoms with van der Waals surface area (Å²) in [5, 5.41) is 18.7. The highest BCUT2D eigenvalue weighted by Gasteiger charge is 2.80. The van der Waals surface area contributed by atoms with Gasteiger partial charge in [0.25, 0.3) is 0 Å². The van der Waals surface area contributed by atoms with Gasteiger partial charge in [-0.25, -0.2) is 9.59 Å². The van der Waals surface area contributed by atoms with E-state index in [9.17, 15) is 19.8 Å². The van der Waals surface area contributed by atoms with Crippen LogP contribution in [-0.2, 0) is 9.47 Å². The quantitative estimate of drug-likeness (QED) is 0.631. The molecule has 3 rings (SSSR count). The number of aliphatic hydroxyl groups excluding tert-OH is 2. The van der Waals surface area contributed by atoms with Crippen molar-refractivity contribution in [3.05, 3.63) is 0 Å². The minimum Gasteiger partial charge on any atom is -0.394 e. The zero-order valence-electron chi connectivity index (χ0n) is 15.4. The normalized spacial score (nSPS) is 31.5. The lowest BCUT2D eigenvalue weighted by Crippen LogP contribution is -2.70. The minimum atomic E-state index is -1.51. The largest absolute Gasteiger partial charge is 0.394 e. The third-order valence-corrected chi connectivity index (χ3v) is 5.33. The smallest absolute Gasteiger partial charge is 0.327 e. The minimum absolute atomic E-state index is 0.0561. The van der Waals surface area contributed by atoms with Gasteiger partial charge < -0.3 is 19.7 Å². The molecule has 3 fully saturated rings. The number of carbonyl (C=O) groups excluding carboxylic acids is 2. The topological polar surface area (TPSA) is 106 Å². The van der Waals surface area contributed by atoms with Crippen LogP contribution in [0.25, 0.3) is 0 Å². The molecule has 0 radical (unpaired) electrons. The second-order valence-corrected chi connectivity index (χ2v) is 6.59. The Labute approximate surface area is 152 Å². The molecule has 0 saturated carbocycles. The van der Waals surface area contributed by atoms with Gasteiger partial charge in [0, 0.05) is 26.7 Å². The van der Waals surface area contributed by atoms with E-state index in [4.69, 9.17) is 9.47 Å². The number of rotatable bonds is 7. The lowest BCUT2D eigenvalue weighted by molar-refractivity contribution is -0.332. The van der Waals surface area contributed by atoms with Gasteiger partial charge in [0.2, 0.25) is 0 Å². The highest BCUT2D eigenvalue weighted by molar-refractivity contribution is 5.87. The summed E-state index contributed by atoms with van der Waals surface area (Å²) >= 11 is 0. The van der Waals surface area contributed by atoms with E-state index in [2.05, 4.69) is 0 Å². The molecule has 148 valence electrons. The molecule has 0 spiro atoms. The molecule has 2 N–H and O–H groups in total. The molecule has 2 bridgehead atoms. The Hall–Kier alpha value is -1.62. The van der Waals surface area contributed by atoms with Crippen molar-refractivity contribution in [3.63, 3.8) is 0 Å². The van der Waals surface area contributed by atoms with Crippen molar-refractivity contribution in [1.29, 1.82) is 0 Å². The van der Waals surface area contributed by atoms with Gasteiger partial charge in [-0.05, 0) is 26.2 Å². The second kappa shape index (κ2) is 7.18. The SMILES string of the molecule is CCN1C(=O)N(C)[C@]2(OCCO)N3CCCCCN(C3=O)[C@]12OCCO. The van der Waals surface area contributed by atoms with Crippen LogP contribution >= 0.6 is 0 Å². The summed E-state index contributed by atoms with van der Waals surface area (Å²) in [6.45, 7) is 2.32. The first-order valence-electron chi connectivity index (χ1n) is 9.17. The van der Waals surface area contributed by atoms with Crippen molar-refractivity contribution in [2.45, 2.75) is 37.9 Å². The van der Waals surface area contributed by atoms with Crippen molar-refractivity contribution < 1.29 is 29.3 Å². The van der Waals surface area contributed by atoms with E-state index in [1.807, 2.05) is 6.92 Å². The molecule has 3 saturated heterocycles. The number of fused-ring (bicyclic) bond motifs is 5. The summed E-state index contributed by atoms with van der Waals surface area (Å²) in [7, 11) is 1.58. The maximum atomic E-state index is 13.2. The molecule has 10 heteroatoms. The summed E-state index contributed by atoms with van der Waals surface area (Å²) in [6.07, 6.45) is 2.51. The van der Waals surface area contributed by atoms with Crippen molar-refractivity contribution in [3.8, 4) is 0 Å². The van der Waals surface area contributed by atoms with Gasteiger partial charge >= 0.3 is 23.8 Å². The Bertz CT molecular complexity index is 563. The number of aliphatic hydroxyl groups is 2. The third-order valence-electron chi connectivity index (χ3n) is 5.33. The van der Waals surface area contributed by atoms with E-state index in [0.717, 1.165) is 19.3 Å². The van der Waals surface area contributed by atoms with Crippen LogP contribution in [0.2, 0.25) is 0 Å². The maximum Gasteiger partial charge on any atom is 0.327 e. The predicted molar refractivity (Wildman–Crippen MR) is 89.7 cm³/mol. The van der Waals surface area contributed by atoms with Gasteiger partial charge in [-0.15, -0.1) is 0 Å². The van der Waals surface area contributed by atoms with E-state index < -0.39 is 11.7 Å². The summed E-state index contributed by atoms with van der Waals surface area (Å²) in [5.74, 6) is -3.02. The van der Waals surface area contributed by atoms with Gasteiger partial charge in [0.1, 0.15) is 0 Å². The molecule has 0 unspecified atom stereocenters. The number of hydrogen-bond acceptors (Lipinski definition) is 6.